The Morgan fingerprint density at radius 2 is 2.20 bits per heavy atom. The van der Waals surface area contributed by atoms with E-state index in [1.54, 1.807) is 0 Å². The van der Waals surface area contributed by atoms with Crippen LogP contribution in [-0.4, -0.2) is 28.9 Å². The highest BCUT2D eigenvalue weighted by Gasteiger charge is 2.11. The number of primary amides is 1. The third kappa shape index (κ3) is 2.75. The highest BCUT2D eigenvalue weighted by molar-refractivity contribution is 5.69. The molecule has 0 saturated carbocycles. The van der Waals surface area contributed by atoms with Gasteiger partial charge >= 0.3 is 12.2 Å². The standard InChI is InChI=1S/C4H8N2O4/c1-2-6(4(8)9)10-3(5)7/h2H2,1H3,(H2,5,7)(H,8,9). The molecule has 0 spiro atoms. The molecule has 0 saturated heterocycles. The maximum Gasteiger partial charge on any atom is 0.440 e. The number of hydrogen-bond donors (Lipinski definition) is 2. The van der Waals surface area contributed by atoms with Gasteiger partial charge in [0.05, 0.1) is 6.54 Å². The van der Waals surface area contributed by atoms with Gasteiger partial charge in [-0.2, -0.15) is 0 Å². The van der Waals surface area contributed by atoms with Crippen molar-refractivity contribution in [2.75, 3.05) is 6.54 Å². The minimum atomic E-state index is -1.35. The molecular weight excluding hydrogens is 140 g/mol. The summed E-state index contributed by atoms with van der Waals surface area (Å²) in [4.78, 5) is 24.1. The van der Waals surface area contributed by atoms with Crippen molar-refractivity contribution in [1.29, 1.82) is 0 Å². The van der Waals surface area contributed by atoms with Crippen LogP contribution in [0.25, 0.3) is 0 Å². The van der Waals surface area contributed by atoms with Crippen LogP contribution in [0.5, 0.6) is 0 Å². The van der Waals surface area contributed by atoms with Gasteiger partial charge in [0.15, 0.2) is 0 Å². The number of carbonyl (C=O) groups excluding carboxylic acids is 1. The van der Waals surface area contributed by atoms with E-state index in [2.05, 4.69) is 10.6 Å². The van der Waals surface area contributed by atoms with Crippen LogP contribution in [0.2, 0.25) is 0 Å². The molecule has 0 bridgehead atoms. The van der Waals surface area contributed by atoms with E-state index in [0.29, 0.717) is 5.06 Å². The largest absolute Gasteiger partial charge is 0.463 e. The van der Waals surface area contributed by atoms with Gasteiger partial charge in [0.2, 0.25) is 0 Å². The van der Waals surface area contributed by atoms with Crippen LogP contribution in [0.15, 0.2) is 0 Å². The first-order valence-electron chi connectivity index (χ1n) is 2.55. The summed E-state index contributed by atoms with van der Waals surface area (Å²) in [7, 11) is 0. The zero-order chi connectivity index (χ0) is 8.15. The molecule has 0 heterocycles. The molecule has 0 rings (SSSR count). The van der Waals surface area contributed by atoms with Crippen molar-refractivity contribution in [1.82, 2.24) is 5.06 Å². The molecular formula is C4H8N2O4. The molecule has 0 fully saturated rings. The summed E-state index contributed by atoms with van der Waals surface area (Å²) in [6.07, 6.45) is -2.48. The Morgan fingerprint density at radius 1 is 1.70 bits per heavy atom. The van der Waals surface area contributed by atoms with E-state index in [9.17, 15) is 9.59 Å². The van der Waals surface area contributed by atoms with E-state index in [-0.39, 0.29) is 6.54 Å². The second kappa shape index (κ2) is 3.54. The lowest BCUT2D eigenvalue weighted by molar-refractivity contribution is -0.0677. The molecule has 0 aromatic heterocycles. The topological polar surface area (TPSA) is 92.9 Å². The number of nitrogens with zero attached hydrogens (tertiary/aromatic N) is 1. The summed E-state index contributed by atoms with van der Waals surface area (Å²) in [5.74, 6) is 0. The van der Waals surface area contributed by atoms with Gasteiger partial charge in [-0.25, -0.2) is 9.59 Å². The van der Waals surface area contributed by atoms with E-state index < -0.39 is 12.2 Å². The lowest BCUT2D eigenvalue weighted by Crippen LogP contribution is -2.34. The van der Waals surface area contributed by atoms with Crippen molar-refractivity contribution in [2.24, 2.45) is 5.73 Å². The molecule has 0 aromatic rings. The summed E-state index contributed by atoms with van der Waals surface area (Å²) >= 11 is 0. The number of nitrogens with two attached hydrogens (primary N) is 1. The van der Waals surface area contributed by atoms with Crippen molar-refractivity contribution in [3.63, 3.8) is 0 Å². The number of hydroxylamine groups is 2. The highest BCUT2D eigenvalue weighted by Crippen LogP contribution is 1.89. The quantitative estimate of drug-likeness (QED) is 0.511. The fourth-order valence-electron chi connectivity index (χ4n) is 0.347. The van der Waals surface area contributed by atoms with Crippen molar-refractivity contribution >= 4 is 12.2 Å². The van der Waals surface area contributed by atoms with Crippen LogP contribution in [0.4, 0.5) is 9.59 Å². The minimum absolute atomic E-state index is 0.0538. The van der Waals surface area contributed by atoms with Crippen LogP contribution in [0, 0.1) is 0 Å². The van der Waals surface area contributed by atoms with Gasteiger partial charge in [0, 0.05) is 0 Å². The molecule has 58 valence electrons. The lowest BCUT2D eigenvalue weighted by Gasteiger charge is -2.12. The van der Waals surface area contributed by atoms with Gasteiger partial charge in [-0.15, -0.1) is 5.06 Å². The van der Waals surface area contributed by atoms with Crippen molar-refractivity contribution in [3.8, 4) is 0 Å². The Morgan fingerprint density at radius 3 is 2.30 bits per heavy atom. The second-order valence-corrected chi connectivity index (χ2v) is 1.39. The molecule has 0 aliphatic heterocycles. The number of amides is 2. The summed E-state index contributed by atoms with van der Waals surface area (Å²) in [6, 6.07) is 0. The zero-order valence-electron chi connectivity index (χ0n) is 5.40. The fourth-order valence-corrected chi connectivity index (χ4v) is 0.347. The predicted molar refractivity (Wildman–Crippen MR) is 31.1 cm³/mol. The molecule has 10 heavy (non-hydrogen) atoms. The van der Waals surface area contributed by atoms with Crippen LogP contribution in [0.1, 0.15) is 6.92 Å². The molecule has 0 radical (unpaired) electrons. The molecule has 0 atom stereocenters. The third-order valence-electron chi connectivity index (χ3n) is 0.701. The smallest absolute Gasteiger partial charge is 0.440 e. The molecule has 6 heteroatoms. The Bertz CT molecular complexity index is 146. The summed E-state index contributed by atoms with van der Waals surface area (Å²) < 4.78 is 0. The van der Waals surface area contributed by atoms with Crippen molar-refractivity contribution in [3.05, 3.63) is 0 Å². The van der Waals surface area contributed by atoms with Crippen LogP contribution in [0.3, 0.4) is 0 Å². The molecule has 2 amide bonds. The SMILES string of the molecule is CCN(OC(N)=O)C(=O)O. The number of carboxylic acid groups (broad SMARTS) is 1. The first-order chi connectivity index (χ1) is 4.57. The van der Waals surface area contributed by atoms with Crippen LogP contribution >= 0.6 is 0 Å². The first kappa shape index (κ1) is 8.54. The maximum atomic E-state index is 10.1. The Labute approximate surface area is 57.1 Å². The predicted octanol–water partition coefficient (Wildman–Crippen LogP) is -0.00340. The van der Waals surface area contributed by atoms with Crippen molar-refractivity contribution in [2.45, 2.75) is 6.92 Å². The fraction of sp³-hybridized carbons (Fsp3) is 0.500. The van der Waals surface area contributed by atoms with Crippen molar-refractivity contribution < 1.29 is 19.5 Å². The average Bonchev–Trinajstić information content (AvgIpc) is 1.81. The van der Waals surface area contributed by atoms with E-state index in [4.69, 9.17) is 5.11 Å². The van der Waals surface area contributed by atoms with Gasteiger partial charge < -0.3 is 15.7 Å². The minimum Gasteiger partial charge on any atom is -0.463 e. The van der Waals surface area contributed by atoms with E-state index >= 15 is 0 Å². The zero-order valence-corrected chi connectivity index (χ0v) is 5.40. The second-order valence-electron chi connectivity index (χ2n) is 1.39. The van der Waals surface area contributed by atoms with Gasteiger partial charge in [0.25, 0.3) is 0 Å². The summed E-state index contributed by atoms with van der Waals surface area (Å²) in [6.45, 7) is 1.56. The van der Waals surface area contributed by atoms with Gasteiger partial charge in [-0.1, -0.05) is 0 Å². The Hall–Kier alpha value is -1.46. The molecule has 0 unspecified atom stereocenters. The Balaban J connectivity index is 3.83. The van der Waals surface area contributed by atoms with Crippen LogP contribution < -0.4 is 5.73 Å². The van der Waals surface area contributed by atoms with E-state index in [0.717, 1.165) is 0 Å². The maximum absolute atomic E-state index is 10.1. The molecule has 0 aliphatic rings. The summed E-state index contributed by atoms with van der Waals surface area (Å²) in [5.41, 5.74) is 4.54. The molecule has 6 nitrogen and oxygen atoms in total. The third-order valence-corrected chi connectivity index (χ3v) is 0.701. The number of carbonyl (C=O) groups is 2. The lowest BCUT2D eigenvalue weighted by atomic mass is 10.7. The number of hydrogen-bond acceptors (Lipinski definition) is 3. The van der Waals surface area contributed by atoms with Gasteiger partial charge in [-0.3, -0.25) is 0 Å². The normalized spacial score (nSPS) is 8.50. The molecule has 0 aromatic carbocycles. The highest BCUT2D eigenvalue weighted by atomic mass is 16.7. The molecule has 0 aliphatic carbocycles. The monoisotopic (exact) mass is 148 g/mol. The van der Waals surface area contributed by atoms with Gasteiger partial charge in [-0.05, 0) is 6.92 Å². The average molecular weight is 148 g/mol. The number of rotatable bonds is 1. The van der Waals surface area contributed by atoms with E-state index in [1.807, 2.05) is 0 Å². The molecule has 3 N–H and O–H groups in total. The van der Waals surface area contributed by atoms with Gasteiger partial charge in [0.1, 0.15) is 0 Å². The summed E-state index contributed by atoms with van der Waals surface area (Å²) in [5, 5.41) is 8.65. The van der Waals surface area contributed by atoms with E-state index in [1.165, 1.54) is 6.92 Å². The van der Waals surface area contributed by atoms with Crippen LogP contribution in [-0.2, 0) is 4.84 Å². The first-order valence-corrected chi connectivity index (χ1v) is 2.55. The Kier molecular flexibility index (Phi) is 3.03.